The SMILES string of the molecule is Fc1ccc(Oc2cnc3n2CCNC3)c(C(F)(F)F)c1. The first-order chi connectivity index (χ1) is 9.95. The van der Waals surface area contributed by atoms with Gasteiger partial charge in [-0.25, -0.2) is 9.37 Å². The van der Waals surface area contributed by atoms with Crippen LogP contribution in [-0.4, -0.2) is 16.1 Å². The molecule has 0 aliphatic carbocycles. The molecular weight excluding hydrogens is 290 g/mol. The normalized spacial score (nSPS) is 14.9. The lowest BCUT2D eigenvalue weighted by molar-refractivity contribution is -0.138. The Balaban J connectivity index is 1.97. The smallest absolute Gasteiger partial charge is 0.420 e. The van der Waals surface area contributed by atoms with Crippen LogP contribution in [0.4, 0.5) is 17.6 Å². The third kappa shape index (κ3) is 2.71. The molecule has 0 spiro atoms. The second-order valence-electron chi connectivity index (χ2n) is 4.58. The molecule has 1 aromatic heterocycles. The van der Waals surface area contributed by atoms with Crippen LogP contribution in [0.3, 0.4) is 0 Å². The molecular formula is C13H11F4N3O. The van der Waals surface area contributed by atoms with Gasteiger partial charge in [0.2, 0.25) is 5.88 Å². The van der Waals surface area contributed by atoms with Crippen molar-refractivity contribution in [1.29, 1.82) is 0 Å². The van der Waals surface area contributed by atoms with E-state index in [-0.39, 0.29) is 5.88 Å². The van der Waals surface area contributed by atoms with Crippen molar-refractivity contribution in [3.63, 3.8) is 0 Å². The fraction of sp³-hybridized carbons (Fsp3) is 0.308. The van der Waals surface area contributed by atoms with Crippen molar-refractivity contribution in [3.05, 3.63) is 41.6 Å². The minimum absolute atomic E-state index is 0.212. The summed E-state index contributed by atoms with van der Waals surface area (Å²) in [4.78, 5) is 4.08. The van der Waals surface area contributed by atoms with Crippen LogP contribution in [0.15, 0.2) is 24.4 Å². The number of alkyl halides is 3. The van der Waals surface area contributed by atoms with Crippen LogP contribution in [0.5, 0.6) is 11.6 Å². The van der Waals surface area contributed by atoms with Gasteiger partial charge in [0.25, 0.3) is 0 Å². The summed E-state index contributed by atoms with van der Waals surface area (Å²) >= 11 is 0. The highest BCUT2D eigenvalue weighted by molar-refractivity contribution is 5.38. The van der Waals surface area contributed by atoms with Crippen LogP contribution < -0.4 is 10.1 Å². The fourth-order valence-electron chi connectivity index (χ4n) is 2.17. The average molecular weight is 301 g/mol. The molecule has 1 aliphatic rings. The number of ether oxygens (including phenoxy) is 1. The number of rotatable bonds is 2. The number of hydrogen-bond acceptors (Lipinski definition) is 3. The van der Waals surface area contributed by atoms with Crippen molar-refractivity contribution in [2.45, 2.75) is 19.3 Å². The van der Waals surface area contributed by atoms with Gasteiger partial charge in [0.15, 0.2) is 0 Å². The summed E-state index contributed by atoms with van der Waals surface area (Å²) in [5, 5.41) is 3.09. The number of fused-ring (bicyclic) bond motifs is 1. The Labute approximate surface area is 117 Å². The molecule has 2 aromatic rings. The van der Waals surface area contributed by atoms with E-state index in [1.54, 1.807) is 4.57 Å². The molecule has 0 amide bonds. The second kappa shape index (κ2) is 5.03. The Hall–Kier alpha value is -2.09. The van der Waals surface area contributed by atoms with Crippen LogP contribution in [0, 0.1) is 5.82 Å². The second-order valence-corrected chi connectivity index (χ2v) is 4.58. The zero-order chi connectivity index (χ0) is 15.0. The number of nitrogens with zero attached hydrogens (tertiary/aromatic N) is 2. The average Bonchev–Trinajstić information content (AvgIpc) is 2.83. The Morgan fingerprint density at radius 1 is 1.29 bits per heavy atom. The summed E-state index contributed by atoms with van der Waals surface area (Å²) in [5.74, 6) is -0.505. The minimum atomic E-state index is -4.69. The first kappa shape index (κ1) is 13.9. The van der Waals surface area contributed by atoms with Gasteiger partial charge in [-0.1, -0.05) is 0 Å². The van der Waals surface area contributed by atoms with Gasteiger partial charge in [0.1, 0.15) is 23.0 Å². The molecule has 21 heavy (non-hydrogen) atoms. The van der Waals surface area contributed by atoms with E-state index in [4.69, 9.17) is 4.74 Å². The molecule has 0 unspecified atom stereocenters. The van der Waals surface area contributed by atoms with Crippen LogP contribution >= 0.6 is 0 Å². The Morgan fingerprint density at radius 2 is 2.10 bits per heavy atom. The summed E-state index contributed by atoms with van der Waals surface area (Å²) in [7, 11) is 0. The zero-order valence-corrected chi connectivity index (χ0v) is 10.7. The van der Waals surface area contributed by atoms with Crippen LogP contribution in [-0.2, 0) is 19.3 Å². The van der Waals surface area contributed by atoms with Gasteiger partial charge in [-0.2, -0.15) is 13.2 Å². The van der Waals surface area contributed by atoms with Crippen LogP contribution in [0.2, 0.25) is 0 Å². The molecule has 0 saturated carbocycles. The van der Waals surface area contributed by atoms with Crippen molar-refractivity contribution in [1.82, 2.24) is 14.9 Å². The van der Waals surface area contributed by atoms with E-state index in [1.165, 1.54) is 6.20 Å². The molecule has 1 N–H and O–H groups in total. The highest BCUT2D eigenvalue weighted by Gasteiger charge is 2.35. The standard InChI is InChI=1S/C13H11F4N3O/c14-8-1-2-10(9(5-8)13(15,16)17)21-12-7-19-11-6-18-3-4-20(11)12/h1-2,5,7,18H,3-4,6H2. The lowest BCUT2D eigenvalue weighted by Crippen LogP contribution is -2.28. The summed E-state index contributed by atoms with van der Waals surface area (Å²) in [6, 6.07) is 2.32. The predicted octanol–water partition coefficient (Wildman–Crippen LogP) is 2.94. The summed E-state index contributed by atoms with van der Waals surface area (Å²) in [6.07, 6.45) is -3.32. The number of imidazole rings is 1. The molecule has 8 heteroatoms. The maximum atomic E-state index is 13.0. The maximum absolute atomic E-state index is 13.0. The molecule has 0 atom stereocenters. The molecule has 2 heterocycles. The Bertz CT molecular complexity index is 666. The lowest BCUT2D eigenvalue weighted by Gasteiger charge is -2.18. The van der Waals surface area contributed by atoms with E-state index >= 15 is 0 Å². The highest BCUT2D eigenvalue weighted by atomic mass is 19.4. The number of nitrogens with one attached hydrogen (secondary N) is 1. The van der Waals surface area contributed by atoms with E-state index in [9.17, 15) is 17.6 Å². The first-order valence-electron chi connectivity index (χ1n) is 6.25. The van der Waals surface area contributed by atoms with Gasteiger partial charge >= 0.3 is 6.18 Å². The quantitative estimate of drug-likeness (QED) is 0.867. The Kier molecular flexibility index (Phi) is 3.32. The minimum Gasteiger partial charge on any atom is -0.438 e. The molecule has 0 radical (unpaired) electrons. The molecule has 4 nitrogen and oxygen atoms in total. The van der Waals surface area contributed by atoms with Crippen LogP contribution in [0.1, 0.15) is 11.4 Å². The van der Waals surface area contributed by atoms with Crippen LogP contribution in [0.25, 0.3) is 0 Å². The largest absolute Gasteiger partial charge is 0.438 e. The van der Waals surface area contributed by atoms with Gasteiger partial charge in [0.05, 0.1) is 12.7 Å². The van der Waals surface area contributed by atoms with Gasteiger partial charge in [0, 0.05) is 13.1 Å². The fourth-order valence-corrected chi connectivity index (χ4v) is 2.17. The van der Waals surface area contributed by atoms with Crippen molar-refractivity contribution in [2.75, 3.05) is 6.54 Å². The predicted molar refractivity (Wildman–Crippen MR) is 65.4 cm³/mol. The third-order valence-electron chi connectivity index (χ3n) is 3.16. The van der Waals surface area contributed by atoms with E-state index in [0.29, 0.717) is 31.5 Å². The molecule has 3 rings (SSSR count). The van der Waals surface area contributed by atoms with Gasteiger partial charge in [-0.15, -0.1) is 0 Å². The third-order valence-corrected chi connectivity index (χ3v) is 3.16. The number of aromatic nitrogens is 2. The number of benzene rings is 1. The Morgan fingerprint density at radius 3 is 2.86 bits per heavy atom. The molecule has 112 valence electrons. The van der Waals surface area contributed by atoms with Crippen molar-refractivity contribution < 1.29 is 22.3 Å². The number of halogens is 4. The van der Waals surface area contributed by atoms with E-state index in [1.807, 2.05) is 0 Å². The molecule has 0 bridgehead atoms. The maximum Gasteiger partial charge on any atom is 0.420 e. The van der Waals surface area contributed by atoms with Gasteiger partial charge in [-0.05, 0) is 18.2 Å². The van der Waals surface area contributed by atoms with E-state index in [2.05, 4.69) is 10.3 Å². The summed E-state index contributed by atoms with van der Waals surface area (Å²) in [6.45, 7) is 1.75. The summed E-state index contributed by atoms with van der Waals surface area (Å²) in [5.41, 5.74) is -1.15. The molecule has 0 fully saturated rings. The van der Waals surface area contributed by atoms with E-state index < -0.39 is 23.3 Å². The van der Waals surface area contributed by atoms with Crippen molar-refractivity contribution in [2.24, 2.45) is 0 Å². The topological polar surface area (TPSA) is 39.1 Å². The van der Waals surface area contributed by atoms with E-state index in [0.717, 1.165) is 12.1 Å². The first-order valence-corrected chi connectivity index (χ1v) is 6.25. The molecule has 1 aromatic carbocycles. The lowest BCUT2D eigenvalue weighted by atomic mass is 10.2. The zero-order valence-electron chi connectivity index (χ0n) is 10.7. The monoisotopic (exact) mass is 301 g/mol. The van der Waals surface area contributed by atoms with Gasteiger partial charge in [-0.3, -0.25) is 4.57 Å². The highest BCUT2D eigenvalue weighted by Crippen LogP contribution is 2.38. The molecule has 1 aliphatic heterocycles. The van der Waals surface area contributed by atoms with Crippen molar-refractivity contribution >= 4 is 0 Å². The summed E-state index contributed by atoms with van der Waals surface area (Å²) < 4.78 is 58.8. The number of hydrogen-bond donors (Lipinski definition) is 1. The van der Waals surface area contributed by atoms with Gasteiger partial charge < -0.3 is 10.1 Å². The van der Waals surface area contributed by atoms with Crippen molar-refractivity contribution in [3.8, 4) is 11.6 Å². The molecule has 0 saturated heterocycles.